The van der Waals surface area contributed by atoms with Crippen LogP contribution < -0.4 is 5.32 Å². The van der Waals surface area contributed by atoms with E-state index in [0.717, 1.165) is 11.3 Å². The Kier molecular flexibility index (Phi) is 13.2. The van der Waals surface area contributed by atoms with Crippen LogP contribution in [0.2, 0.25) is 0 Å². The molecule has 0 atom stereocenters. The van der Waals surface area contributed by atoms with Crippen LogP contribution in [0.4, 0.5) is 5.00 Å². The van der Waals surface area contributed by atoms with Gasteiger partial charge in [-0.1, -0.05) is 0 Å². The van der Waals surface area contributed by atoms with E-state index in [0.29, 0.717) is 18.7 Å². The lowest BCUT2D eigenvalue weighted by molar-refractivity contribution is -0.144. The summed E-state index contributed by atoms with van der Waals surface area (Å²) in [6.45, 7) is 5.90. The summed E-state index contributed by atoms with van der Waals surface area (Å²) in [5, 5.41) is 2.82. The second-order valence-electron chi connectivity index (χ2n) is 6.67. The number of amides is 1. The first-order valence-electron chi connectivity index (χ1n) is 10.4. The number of anilines is 1. The average molecular weight is 489 g/mol. The van der Waals surface area contributed by atoms with Crippen molar-refractivity contribution < 1.29 is 42.9 Å². The van der Waals surface area contributed by atoms with E-state index in [9.17, 15) is 19.2 Å². The molecule has 0 radical (unpaired) electrons. The first kappa shape index (κ1) is 28.5. The second-order valence-corrected chi connectivity index (χ2v) is 7.69. The molecule has 0 saturated carbocycles. The molecule has 0 unspecified atom stereocenters. The molecular weight excluding hydrogens is 456 g/mol. The molecule has 0 saturated heterocycles. The van der Waals surface area contributed by atoms with E-state index in [1.54, 1.807) is 25.7 Å². The predicted molar refractivity (Wildman–Crippen MR) is 121 cm³/mol. The molecule has 186 valence electrons. The molecule has 0 fully saturated rings. The molecule has 0 aliphatic rings. The van der Waals surface area contributed by atoms with Crippen LogP contribution in [0.3, 0.4) is 0 Å². The Bertz CT molecular complexity index is 810. The summed E-state index contributed by atoms with van der Waals surface area (Å²) in [6, 6.07) is 0. The minimum absolute atomic E-state index is 0.0470. The molecular formula is C21H32N2O9S. The molecule has 11 nitrogen and oxygen atoms in total. The molecule has 0 aliphatic heterocycles. The lowest BCUT2D eigenvalue weighted by Crippen LogP contribution is -2.39. The minimum Gasteiger partial charge on any atom is -0.465 e. The van der Waals surface area contributed by atoms with Crippen LogP contribution in [0.5, 0.6) is 0 Å². The van der Waals surface area contributed by atoms with Gasteiger partial charge in [0.25, 0.3) is 0 Å². The van der Waals surface area contributed by atoms with Gasteiger partial charge in [-0.25, -0.2) is 9.59 Å². The highest BCUT2D eigenvalue weighted by Gasteiger charge is 2.28. The van der Waals surface area contributed by atoms with E-state index < -0.39 is 23.8 Å². The first-order valence-corrected chi connectivity index (χ1v) is 11.2. The van der Waals surface area contributed by atoms with Crippen LogP contribution in [-0.2, 0) is 33.3 Å². The zero-order valence-corrected chi connectivity index (χ0v) is 20.5. The third-order valence-electron chi connectivity index (χ3n) is 4.22. The lowest BCUT2D eigenvalue weighted by Gasteiger charge is -2.20. The number of nitrogens with zero attached hydrogens (tertiary/aromatic N) is 1. The molecule has 1 rings (SSSR count). The van der Waals surface area contributed by atoms with Gasteiger partial charge in [0.1, 0.15) is 16.5 Å². The Balaban J connectivity index is 3.06. The van der Waals surface area contributed by atoms with Crippen molar-refractivity contribution >= 4 is 40.2 Å². The monoisotopic (exact) mass is 488 g/mol. The fraction of sp³-hybridized carbons (Fsp3) is 0.619. The van der Waals surface area contributed by atoms with Gasteiger partial charge in [0.15, 0.2) is 0 Å². The smallest absolute Gasteiger partial charge is 0.348 e. The normalized spacial score (nSPS) is 10.7. The SMILES string of the molecule is CCOC(=O)CN(CCOC)CC(=O)Nc1sc(C(=O)OCCOC)c(C)c1C(=O)OCC. The maximum atomic E-state index is 12.7. The topological polar surface area (TPSA) is 130 Å². The number of carbonyl (C=O) groups is 4. The number of carbonyl (C=O) groups excluding carboxylic acids is 4. The molecule has 0 bridgehead atoms. The van der Waals surface area contributed by atoms with Crippen molar-refractivity contribution in [3.05, 3.63) is 16.0 Å². The van der Waals surface area contributed by atoms with Crippen molar-refractivity contribution in [3.63, 3.8) is 0 Å². The number of ether oxygens (including phenoxy) is 5. The summed E-state index contributed by atoms with van der Waals surface area (Å²) < 4.78 is 25.1. The Morgan fingerprint density at radius 3 is 2.15 bits per heavy atom. The lowest BCUT2D eigenvalue weighted by atomic mass is 10.1. The highest BCUT2D eigenvalue weighted by Crippen LogP contribution is 2.34. The van der Waals surface area contributed by atoms with Crippen LogP contribution in [0.1, 0.15) is 39.4 Å². The van der Waals surface area contributed by atoms with Crippen molar-refractivity contribution in [2.45, 2.75) is 20.8 Å². The fourth-order valence-electron chi connectivity index (χ4n) is 2.72. The minimum atomic E-state index is -0.666. The quantitative estimate of drug-likeness (QED) is 0.220. The molecule has 1 heterocycles. The zero-order chi connectivity index (χ0) is 24.8. The summed E-state index contributed by atoms with van der Waals surface area (Å²) in [4.78, 5) is 51.3. The molecule has 33 heavy (non-hydrogen) atoms. The van der Waals surface area contributed by atoms with Crippen molar-refractivity contribution in [2.75, 3.05) is 72.2 Å². The van der Waals surface area contributed by atoms with Crippen molar-refractivity contribution in [3.8, 4) is 0 Å². The van der Waals surface area contributed by atoms with E-state index in [4.69, 9.17) is 23.7 Å². The molecule has 0 aliphatic carbocycles. The van der Waals surface area contributed by atoms with Crippen molar-refractivity contribution in [1.82, 2.24) is 4.90 Å². The fourth-order valence-corrected chi connectivity index (χ4v) is 3.83. The Hall–Kier alpha value is -2.54. The van der Waals surface area contributed by atoms with E-state index in [1.165, 1.54) is 14.2 Å². The van der Waals surface area contributed by atoms with Crippen LogP contribution in [0.15, 0.2) is 0 Å². The van der Waals surface area contributed by atoms with Gasteiger partial charge >= 0.3 is 17.9 Å². The van der Waals surface area contributed by atoms with Gasteiger partial charge in [0.05, 0.1) is 45.1 Å². The highest BCUT2D eigenvalue weighted by molar-refractivity contribution is 7.18. The Labute approximate surface area is 197 Å². The van der Waals surface area contributed by atoms with E-state index in [1.807, 2.05) is 0 Å². The average Bonchev–Trinajstić information content (AvgIpc) is 3.08. The third kappa shape index (κ3) is 9.46. The number of thiophene rings is 1. The predicted octanol–water partition coefficient (Wildman–Crippen LogP) is 1.49. The summed E-state index contributed by atoms with van der Waals surface area (Å²) in [7, 11) is 2.99. The molecule has 1 aromatic heterocycles. The zero-order valence-electron chi connectivity index (χ0n) is 19.7. The highest BCUT2D eigenvalue weighted by atomic mass is 32.1. The molecule has 12 heteroatoms. The molecule has 1 amide bonds. The van der Waals surface area contributed by atoms with E-state index in [-0.39, 0.29) is 55.0 Å². The number of hydrogen-bond acceptors (Lipinski definition) is 11. The van der Waals surface area contributed by atoms with Gasteiger partial charge in [-0.2, -0.15) is 0 Å². The van der Waals surface area contributed by atoms with E-state index >= 15 is 0 Å². The van der Waals surface area contributed by atoms with Gasteiger partial charge < -0.3 is 29.0 Å². The van der Waals surface area contributed by atoms with Gasteiger partial charge in [-0.3, -0.25) is 14.5 Å². The summed E-state index contributed by atoms with van der Waals surface area (Å²) in [5.41, 5.74) is 0.432. The van der Waals surface area contributed by atoms with Gasteiger partial charge in [0.2, 0.25) is 5.91 Å². The van der Waals surface area contributed by atoms with Crippen molar-refractivity contribution in [1.29, 1.82) is 0 Å². The summed E-state index contributed by atoms with van der Waals surface area (Å²) in [5.74, 6) is -2.26. The van der Waals surface area contributed by atoms with Gasteiger partial charge in [-0.15, -0.1) is 11.3 Å². The van der Waals surface area contributed by atoms with Crippen molar-refractivity contribution in [2.24, 2.45) is 0 Å². The molecule has 0 aromatic carbocycles. The second kappa shape index (κ2) is 15.3. The number of methoxy groups -OCH3 is 2. The maximum Gasteiger partial charge on any atom is 0.348 e. The summed E-state index contributed by atoms with van der Waals surface area (Å²) in [6.07, 6.45) is 0. The van der Waals surface area contributed by atoms with Crippen LogP contribution in [0, 0.1) is 6.92 Å². The third-order valence-corrected chi connectivity index (χ3v) is 5.41. The molecule has 1 aromatic rings. The largest absolute Gasteiger partial charge is 0.465 e. The summed E-state index contributed by atoms with van der Waals surface area (Å²) >= 11 is 0.919. The maximum absolute atomic E-state index is 12.7. The Morgan fingerprint density at radius 1 is 0.879 bits per heavy atom. The molecule has 1 N–H and O–H groups in total. The number of rotatable bonds is 15. The van der Waals surface area contributed by atoms with Crippen LogP contribution in [0.25, 0.3) is 0 Å². The first-order chi connectivity index (χ1) is 15.8. The molecule has 0 spiro atoms. The number of esters is 3. The van der Waals surface area contributed by atoms with E-state index in [2.05, 4.69) is 5.32 Å². The van der Waals surface area contributed by atoms with Crippen LogP contribution >= 0.6 is 11.3 Å². The Morgan fingerprint density at radius 2 is 1.55 bits per heavy atom. The standard InChI is InChI=1S/C21H32N2O9S/c1-6-30-16(25)13-23(8-9-28-4)12-15(24)22-19-17(20(26)31-7-2)14(3)18(33-19)21(27)32-11-10-29-5/h6-13H2,1-5H3,(H,22,24). The van der Waals surface area contributed by atoms with Gasteiger partial charge in [0, 0.05) is 20.8 Å². The van der Waals surface area contributed by atoms with Crippen LogP contribution in [-0.4, -0.2) is 95.6 Å². The number of hydrogen-bond donors (Lipinski definition) is 1. The number of nitrogens with one attached hydrogen (secondary N) is 1. The van der Waals surface area contributed by atoms with Gasteiger partial charge in [-0.05, 0) is 26.3 Å².